The Morgan fingerprint density at radius 2 is 1.95 bits per heavy atom. The fraction of sp³-hybridized carbons (Fsp3) is 0.533. The van der Waals surface area contributed by atoms with Gasteiger partial charge >= 0.3 is 0 Å². The molecule has 1 aliphatic carbocycles. The molecule has 0 saturated heterocycles. The predicted molar refractivity (Wildman–Crippen MR) is 71.3 cm³/mol. The summed E-state index contributed by atoms with van der Waals surface area (Å²) in [6.07, 6.45) is 4.79. The van der Waals surface area contributed by atoms with Gasteiger partial charge in [-0.15, -0.1) is 0 Å². The van der Waals surface area contributed by atoms with Gasteiger partial charge in [-0.25, -0.2) is 8.78 Å². The van der Waals surface area contributed by atoms with Crippen LogP contribution < -0.4 is 5.32 Å². The first-order valence-electron chi connectivity index (χ1n) is 6.99. The first-order chi connectivity index (χ1) is 9.58. The van der Waals surface area contributed by atoms with Crippen molar-refractivity contribution in [1.82, 2.24) is 5.32 Å². The summed E-state index contributed by atoms with van der Waals surface area (Å²) in [5.41, 5.74) is 0.0553. The Morgan fingerprint density at radius 1 is 1.25 bits per heavy atom. The van der Waals surface area contributed by atoms with Gasteiger partial charge in [0.25, 0.3) is 5.91 Å². The molecule has 1 fully saturated rings. The largest absolute Gasteiger partial charge is 0.391 e. The number of carbonyl (C=O) groups is 1. The average Bonchev–Trinajstić information content (AvgIpc) is 2.48. The SMILES string of the molecule is O=C(NCC(O)C1CCCCC1)c1ccc(F)c(F)c1. The molecule has 3 nitrogen and oxygen atoms in total. The van der Waals surface area contributed by atoms with Crippen LogP contribution in [0.4, 0.5) is 8.78 Å². The molecule has 0 aliphatic heterocycles. The Bertz CT molecular complexity index is 473. The number of rotatable bonds is 4. The molecule has 1 aliphatic rings. The third-order valence-electron chi connectivity index (χ3n) is 3.85. The second-order valence-corrected chi connectivity index (χ2v) is 5.30. The normalized spacial score (nSPS) is 17.8. The van der Waals surface area contributed by atoms with Crippen molar-refractivity contribution in [3.63, 3.8) is 0 Å². The van der Waals surface area contributed by atoms with Gasteiger partial charge in [-0.3, -0.25) is 4.79 Å². The number of benzene rings is 1. The number of hydrogen-bond acceptors (Lipinski definition) is 2. The van der Waals surface area contributed by atoms with E-state index in [4.69, 9.17) is 0 Å². The zero-order valence-electron chi connectivity index (χ0n) is 11.2. The van der Waals surface area contributed by atoms with Gasteiger partial charge in [-0.1, -0.05) is 19.3 Å². The number of carbonyl (C=O) groups excluding carboxylic acids is 1. The molecule has 0 radical (unpaired) electrons. The summed E-state index contributed by atoms with van der Waals surface area (Å²) in [7, 11) is 0. The molecule has 0 heterocycles. The molecule has 2 rings (SSSR count). The summed E-state index contributed by atoms with van der Waals surface area (Å²) in [6.45, 7) is 0.141. The molecule has 0 spiro atoms. The lowest BCUT2D eigenvalue weighted by Crippen LogP contribution is -2.37. The fourth-order valence-corrected chi connectivity index (χ4v) is 2.62. The van der Waals surface area contributed by atoms with Crippen molar-refractivity contribution in [2.75, 3.05) is 6.54 Å². The number of nitrogens with one attached hydrogen (secondary N) is 1. The topological polar surface area (TPSA) is 49.3 Å². The standard InChI is InChI=1S/C15H19F2NO2/c16-12-7-6-11(8-13(12)17)15(20)18-9-14(19)10-4-2-1-3-5-10/h6-8,10,14,19H,1-5,9H2,(H,18,20). The highest BCUT2D eigenvalue weighted by Crippen LogP contribution is 2.26. The van der Waals surface area contributed by atoms with E-state index >= 15 is 0 Å². The molecule has 0 bridgehead atoms. The van der Waals surface area contributed by atoms with Crippen molar-refractivity contribution >= 4 is 5.91 Å². The molecule has 2 N–H and O–H groups in total. The van der Waals surface area contributed by atoms with Gasteiger partial charge in [0.05, 0.1) is 6.10 Å². The first-order valence-corrected chi connectivity index (χ1v) is 6.99. The number of aliphatic hydroxyl groups excluding tert-OH is 1. The molecule has 1 unspecified atom stereocenters. The van der Waals surface area contributed by atoms with Gasteiger partial charge in [-0.05, 0) is 37.0 Å². The number of hydrogen-bond donors (Lipinski definition) is 2. The summed E-state index contributed by atoms with van der Waals surface area (Å²) in [4.78, 5) is 11.8. The Morgan fingerprint density at radius 3 is 2.60 bits per heavy atom. The van der Waals surface area contributed by atoms with Gasteiger partial charge in [0, 0.05) is 12.1 Å². The van der Waals surface area contributed by atoms with E-state index in [-0.39, 0.29) is 18.0 Å². The Labute approximate surface area is 117 Å². The van der Waals surface area contributed by atoms with Gasteiger partial charge in [-0.2, -0.15) is 0 Å². The fourth-order valence-electron chi connectivity index (χ4n) is 2.62. The van der Waals surface area contributed by atoms with Crippen molar-refractivity contribution in [3.05, 3.63) is 35.4 Å². The van der Waals surface area contributed by atoms with Crippen LogP contribution in [0, 0.1) is 17.6 Å². The van der Waals surface area contributed by atoms with Crippen molar-refractivity contribution in [2.24, 2.45) is 5.92 Å². The maximum absolute atomic E-state index is 13.0. The minimum atomic E-state index is -1.05. The maximum Gasteiger partial charge on any atom is 0.251 e. The van der Waals surface area contributed by atoms with Gasteiger partial charge in [0.1, 0.15) is 0 Å². The lowest BCUT2D eigenvalue weighted by molar-refractivity contribution is 0.0738. The summed E-state index contributed by atoms with van der Waals surface area (Å²) in [5, 5.41) is 12.6. The molecule has 5 heteroatoms. The Balaban J connectivity index is 1.86. The van der Waals surface area contributed by atoms with Crippen molar-refractivity contribution in [2.45, 2.75) is 38.2 Å². The van der Waals surface area contributed by atoms with E-state index in [9.17, 15) is 18.7 Å². The number of halogens is 2. The molecular weight excluding hydrogens is 264 g/mol. The van der Waals surface area contributed by atoms with Crippen LogP contribution in [0.15, 0.2) is 18.2 Å². The summed E-state index contributed by atoms with van der Waals surface area (Å²) < 4.78 is 25.8. The monoisotopic (exact) mass is 283 g/mol. The molecule has 1 amide bonds. The second-order valence-electron chi connectivity index (χ2n) is 5.30. The summed E-state index contributed by atoms with van der Waals surface area (Å²) in [6, 6.07) is 3.00. The van der Waals surface area contributed by atoms with Crippen LogP contribution in [-0.2, 0) is 0 Å². The summed E-state index contributed by atoms with van der Waals surface area (Å²) in [5.74, 6) is -2.32. The molecule has 1 saturated carbocycles. The van der Waals surface area contributed by atoms with Crippen LogP contribution in [0.3, 0.4) is 0 Å². The smallest absolute Gasteiger partial charge is 0.251 e. The molecule has 20 heavy (non-hydrogen) atoms. The van der Waals surface area contributed by atoms with E-state index in [1.807, 2.05) is 0 Å². The highest BCUT2D eigenvalue weighted by atomic mass is 19.2. The minimum Gasteiger partial charge on any atom is -0.391 e. The van der Waals surface area contributed by atoms with E-state index in [1.54, 1.807) is 0 Å². The quantitative estimate of drug-likeness (QED) is 0.892. The van der Waals surface area contributed by atoms with Crippen molar-refractivity contribution in [3.8, 4) is 0 Å². The summed E-state index contributed by atoms with van der Waals surface area (Å²) >= 11 is 0. The number of amides is 1. The van der Waals surface area contributed by atoms with Gasteiger partial charge in [0.15, 0.2) is 11.6 Å². The molecule has 110 valence electrons. The van der Waals surface area contributed by atoms with Crippen LogP contribution in [0.2, 0.25) is 0 Å². The zero-order valence-corrected chi connectivity index (χ0v) is 11.2. The molecular formula is C15H19F2NO2. The van der Waals surface area contributed by atoms with Gasteiger partial charge in [0.2, 0.25) is 0 Å². The molecule has 0 aromatic heterocycles. The van der Waals surface area contributed by atoms with E-state index in [2.05, 4.69) is 5.32 Å². The van der Waals surface area contributed by atoms with E-state index in [0.29, 0.717) is 0 Å². The third kappa shape index (κ3) is 3.76. The van der Waals surface area contributed by atoms with E-state index in [1.165, 1.54) is 12.5 Å². The predicted octanol–water partition coefficient (Wildman–Crippen LogP) is 2.64. The molecule has 1 aromatic carbocycles. The minimum absolute atomic E-state index is 0.0553. The average molecular weight is 283 g/mol. The van der Waals surface area contributed by atoms with Crippen LogP contribution in [-0.4, -0.2) is 23.7 Å². The lowest BCUT2D eigenvalue weighted by Gasteiger charge is -2.26. The molecule has 1 aromatic rings. The third-order valence-corrected chi connectivity index (χ3v) is 3.85. The first kappa shape index (κ1) is 14.9. The van der Waals surface area contributed by atoms with Gasteiger partial charge < -0.3 is 10.4 Å². The van der Waals surface area contributed by atoms with E-state index < -0.39 is 23.6 Å². The maximum atomic E-state index is 13.0. The zero-order chi connectivity index (χ0) is 14.5. The lowest BCUT2D eigenvalue weighted by atomic mass is 9.85. The van der Waals surface area contributed by atoms with Crippen LogP contribution in [0.1, 0.15) is 42.5 Å². The molecule has 1 atom stereocenters. The van der Waals surface area contributed by atoms with Crippen molar-refractivity contribution < 1.29 is 18.7 Å². The van der Waals surface area contributed by atoms with E-state index in [0.717, 1.165) is 37.8 Å². The number of aliphatic hydroxyl groups is 1. The van der Waals surface area contributed by atoms with Crippen LogP contribution >= 0.6 is 0 Å². The highest BCUT2D eigenvalue weighted by Gasteiger charge is 2.22. The van der Waals surface area contributed by atoms with Crippen LogP contribution in [0.25, 0.3) is 0 Å². The second kappa shape index (κ2) is 6.79. The highest BCUT2D eigenvalue weighted by molar-refractivity contribution is 5.94. The Kier molecular flexibility index (Phi) is 5.06. The Hall–Kier alpha value is -1.49. The van der Waals surface area contributed by atoms with Crippen LogP contribution in [0.5, 0.6) is 0 Å². The van der Waals surface area contributed by atoms with Crippen molar-refractivity contribution in [1.29, 1.82) is 0 Å².